The normalized spacial score (nSPS) is 10.8. The molecule has 2 N–H and O–H groups in total. The second-order valence-corrected chi connectivity index (χ2v) is 4.67. The van der Waals surface area contributed by atoms with Gasteiger partial charge in [-0.1, -0.05) is 23.7 Å². The Labute approximate surface area is 106 Å². The highest BCUT2D eigenvalue weighted by molar-refractivity contribution is 6.31. The van der Waals surface area contributed by atoms with Crippen LogP contribution in [0.25, 0.3) is 0 Å². The average Bonchev–Trinajstić information content (AvgIpc) is 2.53. The number of nitrogen functional groups attached to an aromatic ring is 1. The fourth-order valence-corrected chi connectivity index (χ4v) is 2.05. The molecule has 2 aromatic rings. The summed E-state index contributed by atoms with van der Waals surface area (Å²) in [4.78, 5) is 4.37. The molecule has 0 fully saturated rings. The standard InChI is InChI=1S/C13H16ClN3/c1-8-10(5-4-6-11(8)14)7-12-9(2)17(3)13(15)16-12/h4-6H,7H2,1-3H3,(H2,15,16). The molecule has 0 saturated heterocycles. The van der Waals surface area contributed by atoms with E-state index in [2.05, 4.69) is 11.1 Å². The fraction of sp³-hybridized carbons (Fsp3) is 0.308. The van der Waals surface area contributed by atoms with Crippen molar-refractivity contribution in [2.75, 3.05) is 5.73 Å². The zero-order valence-electron chi connectivity index (χ0n) is 10.3. The molecule has 3 nitrogen and oxygen atoms in total. The number of hydrogen-bond donors (Lipinski definition) is 1. The first kappa shape index (κ1) is 12.0. The zero-order valence-corrected chi connectivity index (χ0v) is 11.0. The van der Waals surface area contributed by atoms with E-state index in [0.717, 1.165) is 28.4 Å². The van der Waals surface area contributed by atoms with Gasteiger partial charge in [0.2, 0.25) is 0 Å². The van der Waals surface area contributed by atoms with E-state index in [4.69, 9.17) is 17.3 Å². The monoisotopic (exact) mass is 249 g/mol. The van der Waals surface area contributed by atoms with Crippen molar-refractivity contribution in [3.63, 3.8) is 0 Å². The fourth-order valence-electron chi connectivity index (χ4n) is 1.85. The van der Waals surface area contributed by atoms with Crippen LogP contribution in [0, 0.1) is 13.8 Å². The van der Waals surface area contributed by atoms with Crippen molar-refractivity contribution in [3.8, 4) is 0 Å². The molecule has 0 aliphatic heterocycles. The molecule has 1 aromatic carbocycles. The number of hydrogen-bond acceptors (Lipinski definition) is 2. The smallest absolute Gasteiger partial charge is 0.200 e. The molecule has 1 heterocycles. The lowest BCUT2D eigenvalue weighted by Gasteiger charge is -2.06. The van der Waals surface area contributed by atoms with Crippen LogP contribution in [0.15, 0.2) is 18.2 Å². The Balaban J connectivity index is 2.38. The number of imidazole rings is 1. The largest absolute Gasteiger partial charge is 0.369 e. The molecule has 0 unspecified atom stereocenters. The van der Waals surface area contributed by atoms with Crippen molar-refractivity contribution in [3.05, 3.63) is 45.7 Å². The van der Waals surface area contributed by atoms with Crippen LogP contribution in [-0.2, 0) is 13.5 Å². The molecule has 0 aliphatic carbocycles. The van der Waals surface area contributed by atoms with Gasteiger partial charge in [0.15, 0.2) is 5.95 Å². The maximum atomic E-state index is 6.11. The lowest BCUT2D eigenvalue weighted by molar-refractivity contribution is 0.881. The summed E-state index contributed by atoms with van der Waals surface area (Å²) in [6.07, 6.45) is 0.767. The molecule has 4 heteroatoms. The minimum Gasteiger partial charge on any atom is -0.369 e. The van der Waals surface area contributed by atoms with Gasteiger partial charge < -0.3 is 10.3 Å². The molecule has 0 aliphatic rings. The third-order valence-electron chi connectivity index (χ3n) is 3.25. The molecule has 0 atom stereocenters. The Bertz CT molecular complexity index is 558. The summed E-state index contributed by atoms with van der Waals surface area (Å²) < 4.78 is 1.90. The minimum absolute atomic E-state index is 0.553. The highest BCUT2D eigenvalue weighted by Crippen LogP contribution is 2.22. The summed E-state index contributed by atoms with van der Waals surface area (Å²) in [6.45, 7) is 4.05. The van der Waals surface area contributed by atoms with Gasteiger partial charge in [0, 0.05) is 24.2 Å². The van der Waals surface area contributed by atoms with E-state index >= 15 is 0 Å². The van der Waals surface area contributed by atoms with Crippen LogP contribution in [0.4, 0.5) is 5.95 Å². The van der Waals surface area contributed by atoms with Crippen LogP contribution in [0.5, 0.6) is 0 Å². The van der Waals surface area contributed by atoms with Crippen molar-refractivity contribution < 1.29 is 0 Å². The lowest BCUT2D eigenvalue weighted by Crippen LogP contribution is -1.98. The van der Waals surface area contributed by atoms with Crippen molar-refractivity contribution >= 4 is 17.5 Å². The van der Waals surface area contributed by atoms with Gasteiger partial charge in [-0.2, -0.15) is 0 Å². The number of anilines is 1. The number of nitrogens with two attached hydrogens (primary N) is 1. The summed E-state index contributed by atoms with van der Waals surface area (Å²) >= 11 is 6.11. The molecule has 0 spiro atoms. The Morgan fingerprint density at radius 1 is 1.35 bits per heavy atom. The minimum atomic E-state index is 0.553. The van der Waals surface area contributed by atoms with Crippen molar-refractivity contribution in [2.45, 2.75) is 20.3 Å². The van der Waals surface area contributed by atoms with Gasteiger partial charge in [-0.15, -0.1) is 0 Å². The van der Waals surface area contributed by atoms with Gasteiger partial charge in [0.1, 0.15) is 0 Å². The van der Waals surface area contributed by atoms with Gasteiger partial charge in [-0.25, -0.2) is 4.98 Å². The predicted octanol–water partition coefficient (Wildman–Crippen LogP) is 2.86. The van der Waals surface area contributed by atoms with Crippen molar-refractivity contribution in [2.24, 2.45) is 7.05 Å². The third-order valence-corrected chi connectivity index (χ3v) is 3.66. The van der Waals surface area contributed by atoms with Gasteiger partial charge in [0.25, 0.3) is 0 Å². The number of halogens is 1. The van der Waals surface area contributed by atoms with Gasteiger partial charge >= 0.3 is 0 Å². The number of aromatic nitrogens is 2. The summed E-state index contributed by atoms with van der Waals surface area (Å²) in [7, 11) is 1.92. The van der Waals surface area contributed by atoms with E-state index in [0.29, 0.717) is 5.95 Å². The van der Waals surface area contributed by atoms with Crippen LogP contribution in [0.3, 0.4) is 0 Å². The maximum Gasteiger partial charge on any atom is 0.200 e. The number of benzene rings is 1. The highest BCUT2D eigenvalue weighted by Gasteiger charge is 2.11. The second-order valence-electron chi connectivity index (χ2n) is 4.26. The molecule has 17 heavy (non-hydrogen) atoms. The molecule has 0 bridgehead atoms. The Morgan fingerprint density at radius 2 is 2.06 bits per heavy atom. The van der Waals surface area contributed by atoms with Crippen LogP contribution in [-0.4, -0.2) is 9.55 Å². The van der Waals surface area contributed by atoms with E-state index in [1.807, 2.05) is 37.6 Å². The average molecular weight is 250 g/mol. The highest BCUT2D eigenvalue weighted by atomic mass is 35.5. The number of nitrogens with zero attached hydrogens (tertiary/aromatic N) is 2. The van der Waals surface area contributed by atoms with E-state index in [1.165, 1.54) is 5.56 Å². The quantitative estimate of drug-likeness (QED) is 0.890. The SMILES string of the molecule is Cc1c(Cl)cccc1Cc1nc(N)n(C)c1C. The first-order chi connectivity index (χ1) is 8.00. The summed E-state index contributed by atoms with van der Waals surface area (Å²) in [5, 5.41) is 0.795. The molecule has 0 amide bonds. The molecule has 2 rings (SSSR count). The molecule has 90 valence electrons. The first-order valence-electron chi connectivity index (χ1n) is 5.52. The lowest BCUT2D eigenvalue weighted by atomic mass is 10.0. The van der Waals surface area contributed by atoms with Crippen molar-refractivity contribution in [1.82, 2.24) is 9.55 Å². The van der Waals surface area contributed by atoms with Crippen LogP contribution in [0.2, 0.25) is 5.02 Å². The first-order valence-corrected chi connectivity index (χ1v) is 5.90. The van der Waals surface area contributed by atoms with E-state index in [9.17, 15) is 0 Å². The van der Waals surface area contributed by atoms with E-state index < -0.39 is 0 Å². The molecule has 1 aromatic heterocycles. The van der Waals surface area contributed by atoms with Crippen LogP contribution < -0.4 is 5.73 Å². The summed E-state index contributed by atoms with van der Waals surface area (Å²) in [6, 6.07) is 5.94. The van der Waals surface area contributed by atoms with Crippen LogP contribution in [0.1, 0.15) is 22.5 Å². The van der Waals surface area contributed by atoms with E-state index in [1.54, 1.807) is 0 Å². The third kappa shape index (κ3) is 2.15. The zero-order chi connectivity index (χ0) is 12.6. The topological polar surface area (TPSA) is 43.8 Å². The molecular weight excluding hydrogens is 234 g/mol. The van der Waals surface area contributed by atoms with Gasteiger partial charge in [0.05, 0.1) is 5.69 Å². The Kier molecular flexibility index (Phi) is 3.11. The van der Waals surface area contributed by atoms with Gasteiger partial charge in [-0.3, -0.25) is 0 Å². The van der Waals surface area contributed by atoms with E-state index in [-0.39, 0.29) is 0 Å². The van der Waals surface area contributed by atoms with Crippen molar-refractivity contribution in [1.29, 1.82) is 0 Å². The molecule has 0 radical (unpaired) electrons. The molecule has 0 saturated carbocycles. The Hall–Kier alpha value is -1.48. The Morgan fingerprint density at radius 3 is 2.65 bits per heavy atom. The summed E-state index contributed by atoms with van der Waals surface area (Å²) in [5.41, 5.74) is 10.2. The summed E-state index contributed by atoms with van der Waals surface area (Å²) in [5.74, 6) is 0.553. The maximum absolute atomic E-state index is 6.11. The molecular formula is C13H16ClN3. The second kappa shape index (κ2) is 4.41. The van der Waals surface area contributed by atoms with Gasteiger partial charge in [-0.05, 0) is 31.0 Å². The predicted molar refractivity (Wildman–Crippen MR) is 71.4 cm³/mol. The van der Waals surface area contributed by atoms with Crippen LogP contribution >= 0.6 is 11.6 Å². The number of rotatable bonds is 2.